The zero-order valence-corrected chi connectivity index (χ0v) is 17.8. The SMILES string of the molecule is CCCCCCC=CC(CCCCCCCCCCCCCC)C(=O)O. The normalized spacial score (nSPS) is 12.7. The molecule has 0 aliphatic rings. The maximum Gasteiger partial charge on any atom is 0.310 e. The molecular formula is C24H46O2. The second-order valence-corrected chi connectivity index (χ2v) is 7.90. The van der Waals surface area contributed by atoms with Gasteiger partial charge >= 0.3 is 5.97 Å². The van der Waals surface area contributed by atoms with Crippen molar-refractivity contribution < 1.29 is 9.90 Å². The summed E-state index contributed by atoms with van der Waals surface area (Å²) in [6, 6.07) is 0. The molecule has 1 unspecified atom stereocenters. The predicted molar refractivity (Wildman–Crippen MR) is 115 cm³/mol. The summed E-state index contributed by atoms with van der Waals surface area (Å²) in [5.41, 5.74) is 0. The number of aliphatic carboxylic acids is 1. The van der Waals surface area contributed by atoms with E-state index in [-0.39, 0.29) is 5.92 Å². The number of hydrogen-bond acceptors (Lipinski definition) is 1. The molecular weight excluding hydrogens is 320 g/mol. The average Bonchev–Trinajstić information content (AvgIpc) is 2.63. The Morgan fingerprint density at radius 1 is 0.692 bits per heavy atom. The highest BCUT2D eigenvalue weighted by molar-refractivity contribution is 5.72. The van der Waals surface area contributed by atoms with Gasteiger partial charge in [0.15, 0.2) is 0 Å². The van der Waals surface area contributed by atoms with E-state index in [0.717, 1.165) is 19.3 Å². The van der Waals surface area contributed by atoms with Crippen molar-refractivity contribution in [1.82, 2.24) is 0 Å². The van der Waals surface area contributed by atoms with Crippen molar-refractivity contribution in [3.8, 4) is 0 Å². The van der Waals surface area contributed by atoms with E-state index < -0.39 is 5.97 Å². The van der Waals surface area contributed by atoms with Crippen LogP contribution in [0.5, 0.6) is 0 Å². The van der Waals surface area contributed by atoms with E-state index in [2.05, 4.69) is 19.9 Å². The summed E-state index contributed by atoms with van der Waals surface area (Å²) in [4.78, 5) is 11.3. The quantitative estimate of drug-likeness (QED) is 0.174. The lowest BCUT2D eigenvalue weighted by Crippen LogP contribution is -2.10. The first-order valence-electron chi connectivity index (χ1n) is 11.6. The van der Waals surface area contributed by atoms with Crippen LogP contribution in [0.15, 0.2) is 12.2 Å². The Labute approximate surface area is 163 Å². The molecule has 0 radical (unpaired) electrons. The zero-order valence-electron chi connectivity index (χ0n) is 17.8. The molecule has 0 aliphatic heterocycles. The van der Waals surface area contributed by atoms with Crippen molar-refractivity contribution in [2.75, 3.05) is 0 Å². The second kappa shape index (κ2) is 20.5. The molecule has 0 aromatic rings. The lowest BCUT2D eigenvalue weighted by atomic mass is 9.98. The fourth-order valence-electron chi connectivity index (χ4n) is 3.46. The van der Waals surface area contributed by atoms with Crippen molar-refractivity contribution in [3.63, 3.8) is 0 Å². The van der Waals surface area contributed by atoms with Gasteiger partial charge < -0.3 is 5.11 Å². The Balaban J connectivity index is 3.51. The molecule has 0 aliphatic carbocycles. The Kier molecular flexibility index (Phi) is 19.9. The van der Waals surface area contributed by atoms with Crippen molar-refractivity contribution in [2.24, 2.45) is 5.92 Å². The number of hydrogen-bond donors (Lipinski definition) is 1. The molecule has 0 rings (SSSR count). The average molecular weight is 367 g/mol. The molecule has 26 heavy (non-hydrogen) atoms. The van der Waals surface area contributed by atoms with Crippen LogP contribution in [0.1, 0.15) is 129 Å². The van der Waals surface area contributed by atoms with Crippen LogP contribution in [0, 0.1) is 5.92 Å². The fraction of sp³-hybridized carbons (Fsp3) is 0.875. The van der Waals surface area contributed by atoms with E-state index in [1.807, 2.05) is 6.08 Å². The lowest BCUT2D eigenvalue weighted by Gasteiger charge is -2.07. The van der Waals surface area contributed by atoms with Gasteiger partial charge in [0.1, 0.15) is 0 Å². The van der Waals surface area contributed by atoms with E-state index in [9.17, 15) is 9.90 Å². The number of rotatable bonds is 20. The van der Waals surface area contributed by atoms with Gasteiger partial charge in [-0.15, -0.1) is 0 Å². The Hall–Kier alpha value is -0.790. The molecule has 0 spiro atoms. The number of carbonyl (C=O) groups is 1. The zero-order chi connectivity index (χ0) is 19.3. The number of unbranched alkanes of at least 4 members (excludes halogenated alkanes) is 15. The van der Waals surface area contributed by atoms with Gasteiger partial charge in [-0.05, 0) is 19.3 Å². The van der Waals surface area contributed by atoms with E-state index in [1.165, 1.54) is 96.3 Å². The van der Waals surface area contributed by atoms with Crippen LogP contribution in [-0.4, -0.2) is 11.1 Å². The van der Waals surface area contributed by atoms with E-state index >= 15 is 0 Å². The summed E-state index contributed by atoms with van der Waals surface area (Å²) in [5, 5.41) is 9.34. The summed E-state index contributed by atoms with van der Waals surface area (Å²) in [7, 11) is 0. The maximum atomic E-state index is 11.3. The molecule has 0 bridgehead atoms. The van der Waals surface area contributed by atoms with Gasteiger partial charge in [0.25, 0.3) is 0 Å². The second-order valence-electron chi connectivity index (χ2n) is 7.90. The standard InChI is InChI=1S/C24H46O2/c1-3-5-7-9-11-12-13-14-15-16-18-20-22-23(24(25)26)21-19-17-10-8-6-4-2/h19,21,23H,3-18,20,22H2,1-2H3,(H,25,26). The smallest absolute Gasteiger partial charge is 0.310 e. The Bertz CT molecular complexity index is 322. The Morgan fingerprint density at radius 3 is 1.58 bits per heavy atom. The summed E-state index contributed by atoms with van der Waals surface area (Å²) >= 11 is 0. The maximum absolute atomic E-state index is 11.3. The van der Waals surface area contributed by atoms with E-state index in [1.54, 1.807) is 0 Å². The van der Waals surface area contributed by atoms with Crippen molar-refractivity contribution in [2.45, 2.75) is 129 Å². The third-order valence-corrected chi connectivity index (χ3v) is 5.28. The Morgan fingerprint density at radius 2 is 1.12 bits per heavy atom. The molecule has 2 heteroatoms. The van der Waals surface area contributed by atoms with Crippen molar-refractivity contribution >= 4 is 5.97 Å². The van der Waals surface area contributed by atoms with Gasteiger partial charge in [0.2, 0.25) is 0 Å². The van der Waals surface area contributed by atoms with Crippen LogP contribution in [0.3, 0.4) is 0 Å². The molecule has 0 amide bonds. The summed E-state index contributed by atoms with van der Waals surface area (Å²) in [5.74, 6) is -0.929. The third-order valence-electron chi connectivity index (χ3n) is 5.28. The van der Waals surface area contributed by atoms with Crippen LogP contribution < -0.4 is 0 Å². The molecule has 2 nitrogen and oxygen atoms in total. The van der Waals surface area contributed by atoms with Crippen LogP contribution in [0.25, 0.3) is 0 Å². The minimum atomic E-state index is -0.655. The first kappa shape index (κ1) is 25.2. The van der Waals surface area contributed by atoms with Gasteiger partial charge in [-0.1, -0.05) is 122 Å². The lowest BCUT2D eigenvalue weighted by molar-refractivity contribution is -0.140. The highest BCUT2D eigenvalue weighted by Crippen LogP contribution is 2.16. The monoisotopic (exact) mass is 366 g/mol. The van der Waals surface area contributed by atoms with Crippen LogP contribution in [0.2, 0.25) is 0 Å². The molecule has 0 fully saturated rings. The molecule has 0 heterocycles. The molecule has 154 valence electrons. The highest BCUT2D eigenvalue weighted by atomic mass is 16.4. The van der Waals surface area contributed by atoms with Crippen molar-refractivity contribution in [3.05, 3.63) is 12.2 Å². The summed E-state index contributed by atoms with van der Waals surface area (Å²) in [6.45, 7) is 4.48. The molecule has 0 saturated carbocycles. The first-order chi connectivity index (χ1) is 12.7. The van der Waals surface area contributed by atoms with Gasteiger partial charge in [-0.2, -0.15) is 0 Å². The minimum Gasteiger partial charge on any atom is -0.481 e. The summed E-state index contributed by atoms with van der Waals surface area (Å²) < 4.78 is 0. The van der Waals surface area contributed by atoms with Crippen molar-refractivity contribution in [1.29, 1.82) is 0 Å². The van der Waals surface area contributed by atoms with Crippen LogP contribution in [0.4, 0.5) is 0 Å². The number of allylic oxidation sites excluding steroid dienone is 1. The summed E-state index contributed by atoms with van der Waals surface area (Å²) in [6.07, 6.45) is 26.8. The van der Waals surface area contributed by atoms with Crippen LogP contribution >= 0.6 is 0 Å². The largest absolute Gasteiger partial charge is 0.481 e. The van der Waals surface area contributed by atoms with Gasteiger partial charge in [0, 0.05) is 0 Å². The molecule has 0 aromatic carbocycles. The molecule has 1 N–H and O–H groups in total. The minimum absolute atomic E-state index is 0.274. The van der Waals surface area contributed by atoms with E-state index in [0.29, 0.717) is 0 Å². The first-order valence-corrected chi connectivity index (χ1v) is 11.6. The number of carboxylic acids is 1. The topological polar surface area (TPSA) is 37.3 Å². The molecule has 1 atom stereocenters. The van der Waals surface area contributed by atoms with Gasteiger partial charge in [-0.25, -0.2) is 0 Å². The third kappa shape index (κ3) is 18.0. The molecule has 0 aromatic heterocycles. The molecule has 0 saturated heterocycles. The predicted octanol–water partition coefficient (Wildman–Crippen LogP) is 8.31. The fourth-order valence-corrected chi connectivity index (χ4v) is 3.46. The van der Waals surface area contributed by atoms with Gasteiger partial charge in [-0.3, -0.25) is 4.79 Å². The number of carboxylic acid groups (broad SMARTS) is 1. The van der Waals surface area contributed by atoms with Crippen LogP contribution in [-0.2, 0) is 4.79 Å². The van der Waals surface area contributed by atoms with Gasteiger partial charge in [0.05, 0.1) is 5.92 Å². The van der Waals surface area contributed by atoms with E-state index in [4.69, 9.17) is 0 Å². The highest BCUT2D eigenvalue weighted by Gasteiger charge is 2.12.